The Labute approximate surface area is 107 Å². The molecule has 0 saturated carbocycles. The summed E-state index contributed by atoms with van der Waals surface area (Å²) in [6, 6.07) is 9.53. The van der Waals surface area contributed by atoms with Crippen molar-refractivity contribution >= 4 is 5.69 Å². The Bertz CT molecular complexity index is 502. The molecule has 4 nitrogen and oxygen atoms in total. The van der Waals surface area contributed by atoms with E-state index in [9.17, 15) is 0 Å². The molecule has 0 spiro atoms. The van der Waals surface area contributed by atoms with Crippen LogP contribution < -0.4 is 10.5 Å². The lowest BCUT2D eigenvalue weighted by molar-refractivity contribution is 0.292. The van der Waals surface area contributed by atoms with E-state index in [4.69, 9.17) is 10.5 Å². The van der Waals surface area contributed by atoms with Crippen LogP contribution in [0.1, 0.15) is 25.2 Å². The maximum atomic E-state index is 5.73. The van der Waals surface area contributed by atoms with Crippen molar-refractivity contribution in [1.29, 1.82) is 0 Å². The fourth-order valence-electron chi connectivity index (χ4n) is 1.80. The van der Waals surface area contributed by atoms with E-state index in [1.807, 2.05) is 28.9 Å². The zero-order valence-electron chi connectivity index (χ0n) is 10.9. The van der Waals surface area contributed by atoms with Crippen molar-refractivity contribution in [2.24, 2.45) is 0 Å². The lowest BCUT2D eigenvalue weighted by atomic mass is 10.3. The highest BCUT2D eigenvalue weighted by Crippen LogP contribution is 2.15. The van der Waals surface area contributed by atoms with E-state index < -0.39 is 0 Å². The zero-order valence-corrected chi connectivity index (χ0v) is 10.9. The first-order valence-electron chi connectivity index (χ1n) is 6.26. The van der Waals surface area contributed by atoms with Gasteiger partial charge in [0.05, 0.1) is 11.4 Å². The summed E-state index contributed by atoms with van der Waals surface area (Å²) < 4.78 is 7.71. The molecule has 0 fully saturated rings. The first-order valence-corrected chi connectivity index (χ1v) is 6.26. The highest BCUT2D eigenvalue weighted by atomic mass is 16.5. The predicted octanol–water partition coefficient (Wildman–Crippen LogP) is 2.63. The Kier molecular flexibility index (Phi) is 3.87. The van der Waals surface area contributed by atoms with Gasteiger partial charge in [-0.2, -0.15) is 5.10 Å². The number of aromatic nitrogens is 2. The Morgan fingerprint density at radius 2 is 1.94 bits per heavy atom. The first kappa shape index (κ1) is 12.5. The number of nitrogen functional groups attached to an aromatic ring is 1. The second kappa shape index (κ2) is 5.58. The standard InChI is InChI=1S/C14H19N3O/c1-3-12-9-13(17(4-2)16-12)10-18-14-7-5-11(15)6-8-14/h5-9H,3-4,10,15H2,1-2H3. The number of aryl methyl sites for hydroxylation is 2. The second-order valence-electron chi connectivity index (χ2n) is 4.15. The molecule has 2 aromatic rings. The van der Waals surface area contributed by atoms with Gasteiger partial charge in [0.1, 0.15) is 12.4 Å². The number of hydrogen-bond donors (Lipinski definition) is 1. The van der Waals surface area contributed by atoms with Crippen molar-refractivity contribution in [2.75, 3.05) is 5.73 Å². The van der Waals surface area contributed by atoms with Gasteiger partial charge in [-0.25, -0.2) is 0 Å². The van der Waals surface area contributed by atoms with Gasteiger partial charge in [-0.15, -0.1) is 0 Å². The van der Waals surface area contributed by atoms with Crippen LogP contribution in [0.2, 0.25) is 0 Å². The maximum Gasteiger partial charge on any atom is 0.130 e. The summed E-state index contributed by atoms with van der Waals surface area (Å²) in [4.78, 5) is 0. The third-order valence-corrected chi connectivity index (χ3v) is 2.84. The summed E-state index contributed by atoms with van der Waals surface area (Å²) in [6.07, 6.45) is 0.946. The topological polar surface area (TPSA) is 53.1 Å². The molecule has 0 atom stereocenters. The number of hydrogen-bond acceptors (Lipinski definition) is 3. The van der Waals surface area contributed by atoms with E-state index in [1.165, 1.54) is 0 Å². The van der Waals surface area contributed by atoms with Gasteiger partial charge in [-0.1, -0.05) is 6.92 Å². The van der Waals surface area contributed by atoms with E-state index in [2.05, 4.69) is 25.0 Å². The molecule has 0 amide bonds. The van der Waals surface area contributed by atoms with Crippen LogP contribution >= 0.6 is 0 Å². The number of rotatable bonds is 5. The maximum absolute atomic E-state index is 5.73. The summed E-state index contributed by atoms with van der Waals surface area (Å²) in [5.74, 6) is 0.825. The van der Waals surface area contributed by atoms with Crippen LogP contribution in [-0.4, -0.2) is 9.78 Å². The number of anilines is 1. The Morgan fingerprint density at radius 3 is 2.56 bits per heavy atom. The quantitative estimate of drug-likeness (QED) is 0.824. The average Bonchev–Trinajstić information content (AvgIpc) is 2.80. The van der Waals surface area contributed by atoms with Crippen molar-refractivity contribution < 1.29 is 4.74 Å². The minimum absolute atomic E-state index is 0.532. The molecular weight excluding hydrogens is 226 g/mol. The second-order valence-corrected chi connectivity index (χ2v) is 4.15. The molecule has 0 saturated heterocycles. The van der Waals surface area contributed by atoms with Gasteiger partial charge in [-0.05, 0) is 43.7 Å². The molecule has 0 aliphatic rings. The van der Waals surface area contributed by atoms with Gasteiger partial charge in [0, 0.05) is 12.2 Å². The largest absolute Gasteiger partial charge is 0.487 e. The summed E-state index contributed by atoms with van der Waals surface area (Å²) >= 11 is 0. The number of nitrogens with zero attached hydrogens (tertiary/aromatic N) is 2. The van der Waals surface area contributed by atoms with Gasteiger partial charge >= 0.3 is 0 Å². The van der Waals surface area contributed by atoms with Crippen LogP contribution in [0.4, 0.5) is 5.69 Å². The van der Waals surface area contributed by atoms with E-state index >= 15 is 0 Å². The van der Waals surface area contributed by atoms with Crippen molar-refractivity contribution in [2.45, 2.75) is 33.4 Å². The fourth-order valence-corrected chi connectivity index (χ4v) is 1.80. The summed E-state index contributed by atoms with van der Waals surface area (Å²) in [6.45, 7) is 5.58. The molecule has 1 heterocycles. The third-order valence-electron chi connectivity index (χ3n) is 2.84. The summed E-state index contributed by atoms with van der Waals surface area (Å²) in [5, 5.41) is 4.49. The zero-order chi connectivity index (χ0) is 13.0. The molecular formula is C14H19N3O. The minimum atomic E-state index is 0.532. The predicted molar refractivity (Wildman–Crippen MR) is 72.5 cm³/mol. The highest BCUT2D eigenvalue weighted by Gasteiger charge is 2.06. The van der Waals surface area contributed by atoms with Crippen LogP contribution in [-0.2, 0) is 19.6 Å². The number of nitrogens with two attached hydrogens (primary N) is 1. The number of benzene rings is 1. The summed E-state index contributed by atoms with van der Waals surface area (Å²) in [5.41, 5.74) is 8.58. The molecule has 2 rings (SSSR count). The van der Waals surface area contributed by atoms with Crippen molar-refractivity contribution in [1.82, 2.24) is 9.78 Å². The van der Waals surface area contributed by atoms with Crippen LogP contribution in [0.15, 0.2) is 30.3 Å². The van der Waals surface area contributed by atoms with Crippen molar-refractivity contribution in [3.63, 3.8) is 0 Å². The molecule has 0 bridgehead atoms. The first-order chi connectivity index (χ1) is 8.72. The minimum Gasteiger partial charge on any atom is -0.487 e. The molecule has 1 aromatic heterocycles. The fraction of sp³-hybridized carbons (Fsp3) is 0.357. The SMILES string of the molecule is CCc1cc(COc2ccc(N)cc2)n(CC)n1. The third kappa shape index (κ3) is 2.83. The Hall–Kier alpha value is -1.97. The van der Waals surface area contributed by atoms with E-state index in [1.54, 1.807) is 0 Å². The van der Waals surface area contributed by atoms with Gasteiger partial charge in [0.15, 0.2) is 0 Å². The molecule has 0 unspecified atom stereocenters. The molecule has 0 aliphatic carbocycles. The molecule has 1 aromatic carbocycles. The highest BCUT2D eigenvalue weighted by molar-refractivity contribution is 5.41. The van der Waals surface area contributed by atoms with Gasteiger partial charge in [0.25, 0.3) is 0 Å². The molecule has 4 heteroatoms. The molecule has 96 valence electrons. The van der Waals surface area contributed by atoms with Gasteiger partial charge in [-0.3, -0.25) is 4.68 Å². The molecule has 0 aliphatic heterocycles. The van der Waals surface area contributed by atoms with Crippen molar-refractivity contribution in [3.05, 3.63) is 41.7 Å². The molecule has 0 radical (unpaired) electrons. The molecule has 2 N–H and O–H groups in total. The van der Waals surface area contributed by atoms with E-state index in [-0.39, 0.29) is 0 Å². The van der Waals surface area contributed by atoms with E-state index in [0.29, 0.717) is 6.61 Å². The Morgan fingerprint density at radius 1 is 1.22 bits per heavy atom. The van der Waals surface area contributed by atoms with Crippen LogP contribution in [0.3, 0.4) is 0 Å². The summed E-state index contributed by atoms with van der Waals surface area (Å²) in [7, 11) is 0. The van der Waals surface area contributed by atoms with E-state index in [0.717, 1.165) is 35.8 Å². The smallest absolute Gasteiger partial charge is 0.130 e. The number of ether oxygens (including phenoxy) is 1. The monoisotopic (exact) mass is 245 g/mol. The lowest BCUT2D eigenvalue weighted by Crippen LogP contribution is -2.06. The van der Waals surface area contributed by atoms with Crippen LogP contribution in [0.25, 0.3) is 0 Å². The lowest BCUT2D eigenvalue weighted by Gasteiger charge is -2.07. The van der Waals surface area contributed by atoms with Crippen LogP contribution in [0, 0.1) is 0 Å². The van der Waals surface area contributed by atoms with Crippen molar-refractivity contribution in [3.8, 4) is 5.75 Å². The van der Waals surface area contributed by atoms with Crippen LogP contribution in [0.5, 0.6) is 5.75 Å². The average molecular weight is 245 g/mol. The van der Waals surface area contributed by atoms with Gasteiger partial charge in [0.2, 0.25) is 0 Å². The molecule has 18 heavy (non-hydrogen) atoms. The Balaban J connectivity index is 2.05. The normalized spacial score (nSPS) is 10.6. The van der Waals surface area contributed by atoms with Gasteiger partial charge < -0.3 is 10.5 Å².